The summed E-state index contributed by atoms with van der Waals surface area (Å²) in [6, 6.07) is 6.08. The van der Waals surface area contributed by atoms with Gasteiger partial charge in [-0.2, -0.15) is 0 Å². The zero-order valence-electron chi connectivity index (χ0n) is 10.4. The first-order valence-corrected chi connectivity index (χ1v) is 7.03. The van der Waals surface area contributed by atoms with Crippen LogP contribution in [0.3, 0.4) is 0 Å². The Bertz CT molecular complexity index is 366. The van der Waals surface area contributed by atoms with Crippen LogP contribution < -0.4 is 5.32 Å². The van der Waals surface area contributed by atoms with Crippen molar-refractivity contribution in [2.75, 3.05) is 12.4 Å². The van der Waals surface area contributed by atoms with Crippen LogP contribution in [0.25, 0.3) is 0 Å². The Hall–Kier alpha value is -1.07. The molecule has 2 N–H and O–H groups in total. The summed E-state index contributed by atoms with van der Waals surface area (Å²) >= 11 is 1.47. The van der Waals surface area contributed by atoms with Gasteiger partial charge in [-0.1, -0.05) is 19.1 Å². The molecule has 1 aromatic rings. The Morgan fingerprint density at radius 3 is 2.67 bits per heavy atom. The van der Waals surface area contributed by atoms with Crippen LogP contribution in [0, 0.1) is 5.82 Å². The number of nitrogens with one attached hydrogen (secondary N) is 1. The average molecular weight is 271 g/mol. The van der Waals surface area contributed by atoms with Crippen molar-refractivity contribution in [3.05, 3.63) is 35.6 Å². The molecule has 0 fully saturated rings. The Morgan fingerprint density at radius 2 is 2.11 bits per heavy atom. The molecule has 1 atom stereocenters. The predicted octanol–water partition coefficient (Wildman–Crippen LogP) is 1.95. The normalized spacial score (nSPS) is 12.2. The first-order chi connectivity index (χ1) is 8.65. The quantitative estimate of drug-likeness (QED) is 0.797. The van der Waals surface area contributed by atoms with E-state index in [2.05, 4.69) is 5.32 Å². The maximum absolute atomic E-state index is 12.7. The van der Waals surface area contributed by atoms with Crippen LogP contribution in [0.1, 0.15) is 18.9 Å². The van der Waals surface area contributed by atoms with Gasteiger partial charge < -0.3 is 10.4 Å². The average Bonchev–Trinajstić information content (AvgIpc) is 2.38. The van der Waals surface area contributed by atoms with Gasteiger partial charge in [-0.25, -0.2) is 4.39 Å². The summed E-state index contributed by atoms with van der Waals surface area (Å²) in [5.74, 6) is 0.676. The molecule has 0 heterocycles. The molecule has 5 heteroatoms. The molecular weight excluding hydrogens is 253 g/mol. The van der Waals surface area contributed by atoms with Crippen LogP contribution in [0.2, 0.25) is 0 Å². The summed E-state index contributed by atoms with van der Waals surface area (Å²) in [5.41, 5.74) is 0.989. The summed E-state index contributed by atoms with van der Waals surface area (Å²) < 4.78 is 12.7. The summed E-state index contributed by atoms with van der Waals surface area (Å²) in [4.78, 5) is 11.5. The van der Waals surface area contributed by atoms with E-state index in [0.29, 0.717) is 17.9 Å². The Balaban J connectivity index is 2.25. The molecule has 0 aliphatic heterocycles. The number of aliphatic hydroxyl groups is 1. The minimum atomic E-state index is -0.254. The van der Waals surface area contributed by atoms with E-state index in [4.69, 9.17) is 5.11 Å². The van der Waals surface area contributed by atoms with Crippen molar-refractivity contribution in [2.45, 2.75) is 25.1 Å². The largest absolute Gasteiger partial charge is 0.394 e. The number of carbonyl (C=O) groups is 1. The predicted molar refractivity (Wildman–Crippen MR) is 71.9 cm³/mol. The molecule has 0 radical (unpaired) electrons. The highest BCUT2D eigenvalue weighted by Crippen LogP contribution is 2.12. The monoisotopic (exact) mass is 271 g/mol. The molecule has 18 heavy (non-hydrogen) atoms. The lowest BCUT2D eigenvalue weighted by atomic mass is 10.2. The van der Waals surface area contributed by atoms with Crippen molar-refractivity contribution >= 4 is 17.7 Å². The molecule has 1 aromatic carbocycles. The number of halogens is 1. The second kappa shape index (κ2) is 8.11. The summed E-state index contributed by atoms with van der Waals surface area (Å²) in [7, 11) is 0. The van der Waals surface area contributed by atoms with Crippen molar-refractivity contribution in [2.24, 2.45) is 0 Å². The molecule has 0 saturated carbocycles. The first-order valence-electron chi connectivity index (χ1n) is 5.88. The third-order valence-electron chi connectivity index (χ3n) is 2.49. The molecule has 1 rings (SSSR count). The smallest absolute Gasteiger partial charge is 0.230 e. The van der Waals surface area contributed by atoms with Crippen molar-refractivity contribution < 1.29 is 14.3 Å². The number of hydrogen-bond acceptors (Lipinski definition) is 3. The number of rotatable bonds is 7. The number of carbonyl (C=O) groups excluding carboxylic acids is 1. The molecule has 0 aliphatic rings. The van der Waals surface area contributed by atoms with E-state index in [1.54, 1.807) is 12.1 Å². The minimum absolute atomic E-state index is 0.0368. The molecule has 0 aliphatic carbocycles. The minimum Gasteiger partial charge on any atom is -0.394 e. The van der Waals surface area contributed by atoms with Gasteiger partial charge in [0.2, 0.25) is 5.91 Å². The van der Waals surface area contributed by atoms with Crippen LogP contribution in [0.4, 0.5) is 4.39 Å². The van der Waals surface area contributed by atoms with Crippen LogP contribution in [-0.2, 0) is 10.5 Å². The Labute approximate surface area is 111 Å². The number of benzene rings is 1. The van der Waals surface area contributed by atoms with Crippen molar-refractivity contribution in [1.82, 2.24) is 5.32 Å². The summed E-state index contributed by atoms with van der Waals surface area (Å²) in [5, 5.41) is 11.7. The van der Waals surface area contributed by atoms with Crippen molar-refractivity contribution in [1.29, 1.82) is 0 Å². The fraction of sp³-hybridized carbons (Fsp3) is 0.462. The maximum atomic E-state index is 12.7. The molecule has 1 unspecified atom stereocenters. The van der Waals surface area contributed by atoms with Gasteiger partial charge in [0.1, 0.15) is 5.82 Å². The van der Waals surface area contributed by atoms with Crippen LogP contribution in [0.5, 0.6) is 0 Å². The van der Waals surface area contributed by atoms with Gasteiger partial charge in [0, 0.05) is 5.75 Å². The van der Waals surface area contributed by atoms with Gasteiger partial charge >= 0.3 is 0 Å². The molecular formula is C13H18FNO2S. The lowest BCUT2D eigenvalue weighted by Gasteiger charge is -2.13. The summed E-state index contributed by atoms with van der Waals surface area (Å²) in [6.07, 6.45) is 0.713. The maximum Gasteiger partial charge on any atom is 0.230 e. The van der Waals surface area contributed by atoms with Gasteiger partial charge in [0.25, 0.3) is 0 Å². The second-order valence-electron chi connectivity index (χ2n) is 3.97. The molecule has 100 valence electrons. The number of aliphatic hydroxyl groups excluding tert-OH is 1. The first kappa shape index (κ1) is 15.0. The summed E-state index contributed by atoms with van der Waals surface area (Å²) in [6.45, 7) is 1.87. The van der Waals surface area contributed by atoms with E-state index < -0.39 is 0 Å². The topological polar surface area (TPSA) is 49.3 Å². The van der Waals surface area contributed by atoms with Crippen molar-refractivity contribution in [3.8, 4) is 0 Å². The van der Waals surface area contributed by atoms with E-state index in [9.17, 15) is 9.18 Å². The van der Waals surface area contributed by atoms with Gasteiger partial charge in [-0.3, -0.25) is 4.79 Å². The fourth-order valence-electron chi connectivity index (χ4n) is 1.39. The molecule has 1 amide bonds. The van der Waals surface area contributed by atoms with Gasteiger partial charge in [0.15, 0.2) is 0 Å². The third-order valence-corrected chi connectivity index (χ3v) is 3.50. The van der Waals surface area contributed by atoms with E-state index in [1.165, 1.54) is 23.9 Å². The third kappa shape index (κ3) is 5.51. The molecule has 3 nitrogen and oxygen atoms in total. The van der Waals surface area contributed by atoms with E-state index in [0.717, 1.165) is 5.56 Å². The SMILES string of the molecule is CCC(CO)NC(=O)CSCc1ccc(F)cc1. The standard InChI is InChI=1S/C13H18FNO2S/c1-2-12(7-16)15-13(17)9-18-8-10-3-5-11(14)6-4-10/h3-6,12,16H,2,7-9H2,1H3,(H,15,17). The molecule has 0 bridgehead atoms. The fourth-order valence-corrected chi connectivity index (χ4v) is 2.19. The zero-order chi connectivity index (χ0) is 13.4. The highest BCUT2D eigenvalue weighted by atomic mass is 32.2. The van der Waals surface area contributed by atoms with E-state index in [-0.39, 0.29) is 24.4 Å². The lowest BCUT2D eigenvalue weighted by molar-refractivity contribution is -0.119. The molecule has 0 aromatic heterocycles. The van der Waals surface area contributed by atoms with Gasteiger partial charge in [-0.05, 0) is 24.1 Å². The number of hydrogen-bond donors (Lipinski definition) is 2. The van der Waals surface area contributed by atoms with Crippen LogP contribution in [0.15, 0.2) is 24.3 Å². The van der Waals surface area contributed by atoms with Gasteiger partial charge in [0.05, 0.1) is 18.4 Å². The number of amides is 1. The highest BCUT2D eigenvalue weighted by molar-refractivity contribution is 7.99. The molecule has 0 saturated heterocycles. The Kier molecular flexibility index (Phi) is 6.75. The lowest BCUT2D eigenvalue weighted by Crippen LogP contribution is -2.37. The second-order valence-corrected chi connectivity index (χ2v) is 4.96. The van der Waals surface area contributed by atoms with Crippen LogP contribution >= 0.6 is 11.8 Å². The highest BCUT2D eigenvalue weighted by Gasteiger charge is 2.08. The zero-order valence-corrected chi connectivity index (χ0v) is 11.2. The van der Waals surface area contributed by atoms with E-state index >= 15 is 0 Å². The Morgan fingerprint density at radius 1 is 1.44 bits per heavy atom. The van der Waals surface area contributed by atoms with Crippen molar-refractivity contribution in [3.63, 3.8) is 0 Å². The van der Waals surface area contributed by atoms with E-state index in [1.807, 2.05) is 6.92 Å². The number of thioether (sulfide) groups is 1. The van der Waals surface area contributed by atoms with Crippen LogP contribution in [-0.4, -0.2) is 29.4 Å². The van der Waals surface area contributed by atoms with Gasteiger partial charge in [-0.15, -0.1) is 11.8 Å². The molecule has 0 spiro atoms.